The van der Waals surface area contributed by atoms with Gasteiger partial charge in [0.2, 0.25) is 5.95 Å². The van der Waals surface area contributed by atoms with E-state index in [9.17, 15) is 0 Å². The molecule has 2 atom stereocenters. The largest absolute Gasteiger partial charge is 0.356 e. The molecule has 2 aliphatic heterocycles. The molecule has 124 valence electrons. The van der Waals surface area contributed by atoms with Crippen molar-refractivity contribution in [2.75, 3.05) is 36.0 Å². The van der Waals surface area contributed by atoms with Gasteiger partial charge < -0.3 is 9.80 Å². The first-order chi connectivity index (χ1) is 11.8. The second kappa shape index (κ2) is 5.40. The van der Waals surface area contributed by atoms with Gasteiger partial charge in [0.1, 0.15) is 12.1 Å². The molecule has 0 radical (unpaired) electrons. The Morgan fingerprint density at radius 2 is 1.54 bits per heavy atom. The van der Waals surface area contributed by atoms with Crippen LogP contribution in [0.25, 0.3) is 0 Å². The lowest BCUT2D eigenvalue weighted by molar-refractivity contribution is 0.533. The van der Waals surface area contributed by atoms with Crippen molar-refractivity contribution in [3.63, 3.8) is 0 Å². The molecule has 0 amide bonds. The summed E-state index contributed by atoms with van der Waals surface area (Å²) in [5, 5.41) is 0. The van der Waals surface area contributed by atoms with Crippen molar-refractivity contribution in [1.82, 2.24) is 19.9 Å². The van der Waals surface area contributed by atoms with E-state index in [1.807, 2.05) is 19.3 Å². The molecule has 6 nitrogen and oxygen atoms in total. The molecule has 0 aromatic carbocycles. The molecule has 1 saturated carbocycles. The molecule has 0 spiro atoms. The number of hydrogen-bond acceptors (Lipinski definition) is 6. The van der Waals surface area contributed by atoms with Crippen molar-refractivity contribution in [2.24, 2.45) is 11.8 Å². The Bertz CT molecular complexity index is 727. The summed E-state index contributed by atoms with van der Waals surface area (Å²) < 4.78 is 0. The van der Waals surface area contributed by atoms with Crippen LogP contribution < -0.4 is 9.80 Å². The highest BCUT2D eigenvalue weighted by molar-refractivity contribution is 5.44. The Kier molecular flexibility index (Phi) is 3.18. The van der Waals surface area contributed by atoms with Crippen molar-refractivity contribution in [3.05, 3.63) is 36.0 Å². The minimum absolute atomic E-state index is 0.675. The summed E-state index contributed by atoms with van der Waals surface area (Å²) in [6, 6.07) is 2.21. The second-order valence-electron chi connectivity index (χ2n) is 7.47. The molecule has 6 heteroatoms. The van der Waals surface area contributed by atoms with Crippen LogP contribution in [0, 0.1) is 18.8 Å². The fourth-order valence-electron chi connectivity index (χ4n) is 4.03. The first kappa shape index (κ1) is 14.1. The van der Waals surface area contributed by atoms with Gasteiger partial charge in [0.15, 0.2) is 0 Å². The van der Waals surface area contributed by atoms with E-state index >= 15 is 0 Å². The van der Waals surface area contributed by atoms with Gasteiger partial charge >= 0.3 is 0 Å². The van der Waals surface area contributed by atoms with Gasteiger partial charge in [-0.05, 0) is 25.3 Å². The molecule has 4 heterocycles. The Hall–Kier alpha value is -2.24. The Balaban J connectivity index is 1.28. The molecule has 2 aromatic heterocycles. The average Bonchev–Trinajstić information content (AvgIpc) is 3.26. The molecule has 3 aliphatic rings. The highest BCUT2D eigenvalue weighted by Crippen LogP contribution is 2.40. The Morgan fingerprint density at radius 1 is 0.875 bits per heavy atom. The lowest BCUT2D eigenvalue weighted by Gasteiger charge is -2.22. The first-order valence-corrected chi connectivity index (χ1v) is 8.87. The van der Waals surface area contributed by atoms with Gasteiger partial charge in [-0.15, -0.1) is 0 Å². The standard InChI is InChI=1S/C18H22N6/c1-12-5-19-18(20-6-12)24-9-14-7-23(8-15(14)10-24)17-4-16(13-2-3-13)21-11-22-17/h4-6,11,13-15H,2-3,7-10H2,1H3. The van der Waals surface area contributed by atoms with Gasteiger partial charge in [-0.1, -0.05) is 0 Å². The molecule has 5 rings (SSSR count). The molecule has 3 fully saturated rings. The fraction of sp³-hybridized carbons (Fsp3) is 0.556. The van der Waals surface area contributed by atoms with Crippen LogP contribution in [0.15, 0.2) is 24.8 Å². The molecular formula is C18H22N6. The molecule has 0 N–H and O–H groups in total. The Labute approximate surface area is 142 Å². The van der Waals surface area contributed by atoms with E-state index in [2.05, 4.69) is 35.8 Å². The number of aromatic nitrogens is 4. The van der Waals surface area contributed by atoms with Gasteiger partial charge in [-0.25, -0.2) is 19.9 Å². The summed E-state index contributed by atoms with van der Waals surface area (Å²) in [6.45, 7) is 6.27. The van der Waals surface area contributed by atoms with Gasteiger partial charge in [0, 0.05) is 68.1 Å². The lowest BCUT2D eigenvalue weighted by Crippen LogP contribution is -2.30. The minimum atomic E-state index is 0.675. The third-order valence-electron chi connectivity index (χ3n) is 5.53. The molecule has 2 unspecified atom stereocenters. The van der Waals surface area contributed by atoms with Gasteiger partial charge in [-0.2, -0.15) is 0 Å². The normalized spacial score (nSPS) is 26.0. The van der Waals surface area contributed by atoms with E-state index in [-0.39, 0.29) is 0 Å². The van der Waals surface area contributed by atoms with Gasteiger partial charge in [0.25, 0.3) is 0 Å². The minimum Gasteiger partial charge on any atom is -0.356 e. The molecule has 1 aliphatic carbocycles. The molecule has 2 aromatic rings. The smallest absolute Gasteiger partial charge is 0.225 e. The SMILES string of the molecule is Cc1cnc(N2CC3CN(c4cc(C5CC5)ncn4)CC3C2)nc1. The fourth-order valence-corrected chi connectivity index (χ4v) is 4.03. The summed E-state index contributed by atoms with van der Waals surface area (Å²) >= 11 is 0. The van der Waals surface area contributed by atoms with E-state index in [0.717, 1.165) is 43.5 Å². The van der Waals surface area contributed by atoms with Crippen molar-refractivity contribution in [1.29, 1.82) is 0 Å². The zero-order valence-corrected chi connectivity index (χ0v) is 14.0. The maximum Gasteiger partial charge on any atom is 0.225 e. The predicted octanol–water partition coefficient (Wildman–Crippen LogP) is 2.03. The van der Waals surface area contributed by atoms with Crippen molar-refractivity contribution in [2.45, 2.75) is 25.7 Å². The molecule has 2 saturated heterocycles. The summed E-state index contributed by atoms with van der Waals surface area (Å²) in [6.07, 6.45) is 8.12. The molecular weight excluding hydrogens is 300 g/mol. The van der Waals surface area contributed by atoms with E-state index in [1.54, 1.807) is 6.33 Å². The number of aryl methyl sites for hydroxylation is 1. The van der Waals surface area contributed by atoms with Gasteiger partial charge in [0.05, 0.1) is 0 Å². The molecule has 0 bridgehead atoms. The second-order valence-corrected chi connectivity index (χ2v) is 7.47. The third kappa shape index (κ3) is 2.50. The Morgan fingerprint density at radius 3 is 2.21 bits per heavy atom. The van der Waals surface area contributed by atoms with Crippen LogP contribution in [-0.2, 0) is 0 Å². The number of fused-ring (bicyclic) bond motifs is 1. The van der Waals surface area contributed by atoms with Crippen LogP contribution in [0.1, 0.15) is 30.0 Å². The third-order valence-corrected chi connectivity index (χ3v) is 5.53. The van der Waals surface area contributed by atoms with E-state index in [0.29, 0.717) is 17.8 Å². The number of hydrogen-bond donors (Lipinski definition) is 0. The van der Waals surface area contributed by atoms with E-state index < -0.39 is 0 Å². The van der Waals surface area contributed by atoms with E-state index in [4.69, 9.17) is 0 Å². The van der Waals surface area contributed by atoms with E-state index in [1.165, 1.54) is 18.5 Å². The van der Waals surface area contributed by atoms with Crippen LogP contribution in [0.4, 0.5) is 11.8 Å². The lowest BCUT2D eigenvalue weighted by atomic mass is 10.0. The first-order valence-electron chi connectivity index (χ1n) is 8.87. The number of rotatable bonds is 3. The van der Waals surface area contributed by atoms with Crippen molar-refractivity contribution < 1.29 is 0 Å². The highest BCUT2D eigenvalue weighted by Gasteiger charge is 2.41. The maximum atomic E-state index is 4.52. The van der Waals surface area contributed by atoms with Gasteiger partial charge in [-0.3, -0.25) is 0 Å². The topological polar surface area (TPSA) is 58.0 Å². The van der Waals surface area contributed by atoms with Crippen molar-refractivity contribution in [3.8, 4) is 0 Å². The van der Waals surface area contributed by atoms with Crippen LogP contribution in [-0.4, -0.2) is 46.1 Å². The van der Waals surface area contributed by atoms with Crippen molar-refractivity contribution >= 4 is 11.8 Å². The van der Waals surface area contributed by atoms with Crippen LogP contribution in [0.5, 0.6) is 0 Å². The quantitative estimate of drug-likeness (QED) is 0.862. The maximum absolute atomic E-state index is 4.52. The van der Waals surface area contributed by atoms with Crippen LogP contribution in [0.3, 0.4) is 0 Å². The summed E-state index contributed by atoms with van der Waals surface area (Å²) in [7, 11) is 0. The summed E-state index contributed by atoms with van der Waals surface area (Å²) in [4.78, 5) is 22.7. The number of nitrogens with zero attached hydrogens (tertiary/aromatic N) is 6. The highest BCUT2D eigenvalue weighted by atomic mass is 15.3. The van der Waals surface area contributed by atoms with Crippen LogP contribution in [0.2, 0.25) is 0 Å². The zero-order valence-electron chi connectivity index (χ0n) is 14.0. The summed E-state index contributed by atoms with van der Waals surface area (Å²) in [5.74, 6) is 4.02. The zero-order chi connectivity index (χ0) is 16.1. The average molecular weight is 322 g/mol. The predicted molar refractivity (Wildman–Crippen MR) is 92.2 cm³/mol. The summed E-state index contributed by atoms with van der Waals surface area (Å²) in [5.41, 5.74) is 2.34. The number of anilines is 2. The monoisotopic (exact) mass is 322 g/mol. The van der Waals surface area contributed by atoms with Crippen LogP contribution >= 0.6 is 0 Å². The molecule has 24 heavy (non-hydrogen) atoms.